The molecule has 0 fully saturated rings. The minimum absolute atomic E-state index is 0.0960. The number of Topliss-reactive ketones (excluding diaryl/α,β-unsaturated/α-hetero) is 2. The van der Waals surface area contributed by atoms with Gasteiger partial charge in [-0.15, -0.1) is 0 Å². The van der Waals surface area contributed by atoms with E-state index in [0.29, 0.717) is 18.6 Å². The summed E-state index contributed by atoms with van der Waals surface area (Å²) in [4.78, 5) is 29.5. The maximum absolute atomic E-state index is 13.6. The van der Waals surface area contributed by atoms with Crippen molar-refractivity contribution in [1.29, 1.82) is 0 Å². The standard InChI is InChI=1S/C26H31Br2NO3/c1-7-29-17-10-25(2,3)12-19(30)22(17)21(14-8-15(27)24(32-6)16(28)9-14)23-18(29)11-26(4,5)13-20(23)31/h8-9,21H,7,10-13H2,1-6H3. The van der Waals surface area contributed by atoms with Gasteiger partial charge in [0.1, 0.15) is 5.75 Å². The summed E-state index contributed by atoms with van der Waals surface area (Å²) in [5, 5.41) is 0. The Morgan fingerprint density at radius 1 is 0.906 bits per heavy atom. The average molecular weight is 565 g/mol. The van der Waals surface area contributed by atoms with Crippen molar-refractivity contribution in [3.63, 3.8) is 0 Å². The van der Waals surface area contributed by atoms with Crippen molar-refractivity contribution in [2.75, 3.05) is 13.7 Å². The van der Waals surface area contributed by atoms with E-state index in [9.17, 15) is 9.59 Å². The molecule has 0 atom stereocenters. The molecule has 6 heteroatoms. The second kappa shape index (κ2) is 8.12. The molecule has 0 spiro atoms. The Hall–Kier alpha value is -1.40. The number of allylic oxidation sites excluding steroid dienone is 4. The van der Waals surface area contributed by atoms with E-state index in [-0.39, 0.29) is 28.3 Å². The molecule has 0 radical (unpaired) electrons. The van der Waals surface area contributed by atoms with E-state index in [2.05, 4.69) is 71.4 Å². The molecule has 1 heterocycles. The second-order valence-corrected chi connectivity index (χ2v) is 12.5. The highest BCUT2D eigenvalue weighted by molar-refractivity contribution is 9.11. The summed E-state index contributed by atoms with van der Waals surface area (Å²) in [7, 11) is 1.63. The summed E-state index contributed by atoms with van der Waals surface area (Å²) >= 11 is 7.25. The second-order valence-electron chi connectivity index (χ2n) is 10.8. The van der Waals surface area contributed by atoms with Gasteiger partial charge in [0, 0.05) is 47.8 Å². The van der Waals surface area contributed by atoms with Crippen molar-refractivity contribution in [2.24, 2.45) is 10.8 Å². The zero-order chi connectivity index (χ0) is 23.6. The maximum atomic E-state index is 13.6. The molecule has 0 amide bonds. The van der Waals surface area contributed by atoms with Gasteiger partial charge < -0.3 is 9.64 Å². The molecule has 0 saturated carbocycles. The number of benzene rings is 1. The summed E-state index contributed by atoms with van der Waals surface area (Å²) in [6.45, 7) is 11.5. The van der Waals surface area contributed by atoms with Gasteiger partial charge in [0.2, 0.25) is 0 Å². The van der Waals surface area contributed by atoms with Gasteiger partial charge >= 0.3 is 0 Å². The fourth-order valence-corrected chi connectivity index (χ4v) is 7.25. The quantitative estimate of drug-likeness (QED) is 0.399. The van der Waals surface area contributed by atoms with Gasteiger partial charge in [-0.1, -0.05) is 27.7 Å². The Kier molecular flexibility index (Phi) is 6.03. The van der Waals surface area contributed by atoms with Gasteiger partial charge in [0.15, 0.2) is 11.6 Å². The third-order valence-corrected chi connectivity index (χ3v) is 8.07. The lowest BCUT2D eigenvalue weighted by Gasteiger charge is -2.49. The highest BCUT2D eigenvalue weighted by Gasteiger charge is 2.48. The smallest absolute Gasteiger partial charge is 0.162 e. The monoisotopic (exact) mass is 563 g/mol. The molecule has 0 saturated heterocycles. The molecule has 0 unspecified atom stereocenters. The van der Waals surface area contributed by atoms with Crippen molar-refractivity contribution in [3.8, 4) is 5.75 Å². The van der Waals surface area contributed by atoms with E-state index in [4.69, 9.17) is 4.74 Å². The number of hydrogen-bond donors (Lipinski definition) is 0. The van der Waals surface area contributed by atoms with Crippen LogP contribution in [0.15, 0.2) is 43.6 Å². The first-order valence-electron chi connectivity index (χ1n) is 11.2. The zero-order valence-corrected chi connectivity index (χ0v) is 22.9. The summed E-state index contributed by atoms with van der Waals surface area (Å²) in [5.74, 6) is 0.683. The minimum Gasteiger partial charge on any atom is -0.494 e. The molecular formula is C26H31Br2NO3. The summed E-state index contributed by atoms with van der Waals surface area (Å²) < 4.78 is 7.11. The number of halogens is 2. The molecular weight excluding hydrogens is 534 g/mol. The zero-order valence-electron chi connectivity index (χ0n) is 19.7. The van der Waals surface area contributed by atoms with E-state index < -0.39 is 0 Å². The van der Waals surface area contributed by atoms with Gasteiger partial charge in [-0.3, -0.25) is 9.59 Å². The van der Waals surface area contributed by atoms with Gasteiger partial charge in [-0.05, 0) is 80.2 Å². The predicted octanol–water partition coefficient (Wildman–Crippen LogP) is 6.93. The van der Waals surface area contributed by atoms with Crippen LogP contribution in [0.25, 0.3) is 0 Å². The lowest BCUT2D eigenvalue weighted by molar-refractivity contribution is -0.119. The number of ether oxygens (including phenoxy) is 1. The average Bonchev–Trinajstić information content (AvgIpc) is 2.64. The van der Waals surface area contributed by atoms with Gasteiger partial charge in [-0.2, -0.15) is 0 Å². The number of carbonyl (C=O) groups excluding carboxylic acids is 2. The first-order valence-corrected chi connectivity index (χ1v) is 12.8. The van der Waals surface area contributed by atoms with Crippen LogP contribution in [-0.2, 0) is 9.59 Å². The summed E-state index contributed by atoms with van der Waals surface area (Å²) in [5.41, 5.74) is 4.57. The number of nitrogens with zero attached hydrogens (tertiary/aromatic N) is 1. The Balaban J connectivity index is 2.01. The topological polar surface area (TPSA) is 46.6 Å². The first-order chi connectivity index (χ1) is 14.9. The third-order valence-electron chi connectivity index (χ3n) is 6.90. The number of methoxy groups -OCH3 is 1. The van der Waals surface area contributed by atoms with Crippen LogP contribution in [0.2, 0.25) is 0 Å². The molecule has 1 aromatic rings. The Morgan fingerprint density at radius 3 is 1.72 bits per heavy atom. The van der Waals surface area contributed by atoms with Gasteiger partial charge in [0.25, 0.3) is 0 Å². The number of hydrogen-bond acceptors (Lipinski definition) is 4. The SMILES string of the molecule is CCN1C2=C(C(=O)CC(C)(C)C2)C(c2cc(Br)c(OC)c(Br)c2)C2=C1CC(C)(C)CC2=O. The molecule has 0 bridgehead atoms. The summed E-state index contributed by atoms with van der Waals surface area (Å²) in [6, 6.07) is 4.01. The molecule has 2 aliphatic carbocycles. The van der Waals surface area contributed by atoms with Crippen LogP contribution in [0.1, 0.15) is 71.8 Å². The Bertz CT molecular complexity index is 1000. The van der Waals surface area contributed by atoms with Crippen LogP contribution in [0, 0.1) is 10.8 Å². The fraction of sp³-hybridized carbons (Fsp3) is 0.538. The Labute approximate surface area is 207 Å². The highest BCUT2D eigenvalue weighted by atomic mass is 79.9. The molecule has 1 aliphatic heterocycles. The molecule has 0 aromatic heterocycles. The van der Waals surface area contributed by atoms with Crippen LogP contribution in [0.4, 0.5) is 0 Å². The predicted molar refractivity (Wildman–Crippen MR) is 134 cm³/mol. The van der Waals surface area contributed by atoms with E-state index in [1.54, 1.807) is 7.11 Å². The van der Waals surface area contributed by atoms with E-state index >= 15 is 0 Å². The lowest BCUT2D eigenvalue weighted by Crippen LogP contribution is -2.44. The van der Waals surface area contributed by atoms with Crippen molar-refractivity contribution in [2.45, 2.75) is 66.2 Å². The van der Waals surface area contributed by atoms with Gasteiger partial charge in [0.05, 0.1) is 16.1 Å². The van der Waals surface area contributed by atoms with Crippen LogP contribution < -0.4 is 4.74 Å². The van der Waals surface area contributed by atoms with Crippen LogP contribution in [0.5, 0.6) is 5.75 Å². The number of ketones is 2. The molecule has 1 aromatic carbocycles. The maximum Gasteiger partial charge on any atom is 0.162 e. The number of carbonyl (C=O) groups is 2. The van der Waals surface area contributed by atoms with Crippen molar-refractivity contribution < 1.29 is 14.3 Å². The molecule has 4 rings (SSSR count). The van der Waals surface area contributed by atoms with Crippen LogP contribution in [0.3, 0.4) is 0 Å². The molecule has 4 nitrogen and oxygen atoms in total. The summed E-state index contributed by atoms with van der Waals surface area (Å²) in [6.07, 6.45) is 2.67. The van der Waals surface area contributed by atoms with Crippen LogP contribution in [-0.4, -0.2) is 30.1 Å². The fourth-order valence-electron chi connectivity index (χ4n) is 5.70. The van der Waals surface area contributed by atoms with Gasteiger partial charge in [-0.25, -0.2) is 0 Å². The number of rotatable bonds is 3. The molecule has 172 valence electrons. The van der Waals surface area contributed by atoms with E-state index in [1.165, 1.54) is 0 Å². The van der Waals surface area contributed by atoms with E-state index in [0.717, 1.165) is 56.4 Å². The highest BCUT2D eigenvalue weighted by Crippen LogP contribution is 2.55. The lowest BCUT2D eigenvalue weighted by atomic mass is 9.63. The molecule has 3 aliphatic rings. The Morgan fingerprint density at radius 2 is 1.34 bits per heavy atom. The third kappa shape index (κ3) is 3.91. The molecule has 32 heavy (non-hydrogen) atoms. The van der Waals surface area contributed by atoms with E-state index in [1.807, 2.05) is 12.1 Å². The van der Waals surface area contributed by atoms with Crippen molar-refractivity contribution in [3.05, 3.63) is 49.2 Å². The largest absolute Gasteiger partial charge is 0.494 e. The van der Waals surface area contributed by atoms with Crippen molar-refractivity contribution in [1.82, 2.24) is 4.90 Å². The van der Waals surface area contributed by atoms with Crippen molar-refractivity contribution >= 4 is 43.4 Å². The molecule has 0 N–H and O–H groups in total. The van der Waals surface area contributed by atoms with Crippen LogP contribution >= 0.6 is 31.9 Å². The normalized spacial score (nSPS) is 22.8. The minimum atomic E-state index is -0.339. The first kappa shape index (κ1) is 23.7.